The van der Waals surface area contributed by atoms with Crippen molar-refractivity contribution in [3.05, 3.63) is 64.2 Å². The molecule has 2 heterocycles. The molecule has 2 aliphatic rings. The summed E-state index contributed by atoms with van der Waals surface area (Å²) in [6.07, 6.45) is -4.61. The number of nitrogens with one attached hydrogen (secondary N) is 1. The maximum atomic E-state index is 11.1. The molecule has 10 heteroatoms. The third-order valence-corrected chi connectivity index (χ3v) is 6.98. The average Bonchev–Trinajstić information content (AvgIpc) is 3.37. The molecular weight excluding hydrogens is 490 g/mol. The highest BCUT2D eigenvalue weighted by atomic mass is 35.5. The van der Waals surface area contributed by atoms with E-state index >= 15 is 0 Å². The monoisotopic (exact) mass is 521 g/mol. The Balaban J connectivity index is 1.46. The van der Waals surface area contributed by atoms with Crippen molar-refractivity contribution in [2.24, 2.45) is 0 Å². The van der Waals surface area contributed by atoms with E-state index in [1.165, 1.54) is 6.92 Å². The standard InChI is InChI=1S/C26H32ClNO8/c1-14(26(32)33)28-12-21-22(29)23(30)24(31)25(36-21)16-4-7-20(27)17(11-16)10-15-2-5-18(6-3-15)35-19-8-9-34-13-19/h2-7,11,14,19,21-25,28-31H,8-10,12-13H2,1H3,(H,32,33)/t14-,19-,21+,22+,23-,24+,25-/m0/s1. The van der Waals surface area contributed by atoms with Crippen LogP contribution in [0.3, 0.4) is 0 Å². The molecule has 2 fully saturated rings. The van der Waals surface area contributed by atoms with Crippen molar-refractivity contribution in [1.29, 1.82) is 0 Å². The molecule has 0 aromatic heterocycles. The molecule has 0 unspecified atom stereocenters. The van der Waals surface area contributed by atoms with Gasteiger partial charge >= 0.3 is 5.97 Å². The molecule has 2 aliphatic heterocycles. The molecule has 0 spiro atoms. The fourth-order valence-electron chi connectivity index (χ4n) is 4.39. The Morgan fingerprint density at radius 2 is 1.89 bits per heavy atom. The number of ether oxygens (including phenoxy) is 3. The molecule has 9 nitrogen and oxygen atoms in total. The van der Waals surface area contributed by atoms with Crippen molar-refractivity contribution in [1.82, 2.24) is 5.32 Å². The normalized spacial score (nSPS) is 29.1. The molecular formula is C26H32ClNO8. The molecule has 2 saturated heterocycles. The summed E-state index contributed by atoms with van der Waals surface area (Å²) in [5.41, 5.74) is 2.40. The average molecular weight is 522 g/mol. The predicted molar refractivity (Wildman–Crippen MR) is 131 cm³/mol. The highest BCUT2D eigenvalue weighted by Gasteiger charge is 2.44. The number of halogens is 1. The maximum absolute atomic E-state index is 11.1. The highest BCUT2D eigenvalue weighted by molar-refractivity contribution is 6.31. The number of aliphatic carboxylic acids is 1. The van der Waals surface area contributed by atoms with Gasteiger partial charge in [0.15, 0.2) is 0 Å². The Morgan fingerprint density at radius 3 is 2.56 bits per heavy atom. The van der Waals surface area contributed by atoms with Crippen molar-refractivity contribution >= 4 is 17.6 Å². The van der Waals surface area contributed by atoms with Gasteiger partial charge in [-0.15, -0.1) is 0 Å². The summed E-state index contributed by atoms with van der Waals surface area (Å²) >= 11 is 6.46. The second-order valence-corrected chi connectivity index (χ2v) is 9.72. The number of hydrogen-bond donors (Lipinski definition) is 5. The third kappa shape index (κ3) is 6.36. The van der Waals surface area contributed by atoms with Gasteiger partial charge < -0.3 is 40.0 Å². The first-order chi connectivity index (χ1) is 17.2. The van der Waals surface area contributed by atoms with Crippen molar-refractivity contribution < 1.29 is 39.4 Å². The molecule has 0 bridgehead atoms. The number of hydrogen-bond acceptors (Lipinski definition) is 8. The van der Waals surface area contributed by atoms with Gasteiger partial charge in [-0.2, -0.15) is 0 Å². The number of aliphatic hydroxyl groups excluding tert-OH is 3. The first-order valence-corrected chi connectivity index (χ1v) is 12.4. The van der Waals surface area contributed by atoms with Crippen molar-refractivity contribution in [2.45, 2.75) is 62.4 Å². The van der Waals surface area contributed by atoms with Crippen LogP contribution in [-0.2, 0) is 20.7 Å². The van der Waals surface area contributed by atoms with E-state index in [2.05, 4.69) is 5.32 Å². The summed E-state index contributed by atoms with van der Waals surface area (Å²) < 4.78 is 17.2. The van der Waals surface area contributed by atoms with Gasteiger partial charge in [-0.05, 0) is 48.2 Å². The fourth-order valence-corrected chi connectivity index (χ4v) is 4.57. The summed E-state index contributed by atoms with van der Waals surface area (Å²) in [5.74, 6) is -0.274. The zero-order valence-electron chi connectivity index (χ0n) is 19.9. The van der Waals surface area contributed by atoms with E-state index in [4.69, 9.17) is 30.9 Å². The molecule has 4 rings (SSSR count). The smallest absolute Gasteiger partial charge is 0.320 e. The predicted octanol–water partition coefficient (Wildman–Crippen LogP) is 1.68. The van der Waals surface area contributed by atoms with E-state index in [1.54, 1.807) is 12.1 Å². The number of rotatable bonds is 9. The summed E-state index contributed by atoms with van der Waals surface area (Å²) in [4.78, 5) is 11.1. The van der Waals surface area contributed by atoms with E-state index in [9.17, 15) is 20.1 Å². The SMILES string of the molecule is C[C@H](NC[C@H]1O[C@@H](c2ccc(Cl)c(Cc3ccc(O[C@H]4CCOC4)cc3)c2)[C@H](O)[C@@H](O)[C@@H]1O)C(=O)O. The number of carbonyl (C=O) groups is 1. The van der Waals surface area contributed by atoms with Crippen molar-refractivity contribution in [3.63, 3.8) is 0 Å². The third-order valence-electron chi connectivity index (χ3n) is 6.61. The molecule has 5 N–H and O–H groups in total. The van der Waals surface area contributed by atoms with Gasteiger partial charge in [0.25, 0.3) is 0 Å². The van der Waals surface area contributed by atoms with Gasteiger partial charge in [0.2, 0.25) is 0 Å². The van der Waals surface area contributed by atoms with Crippen LogP contribution in [0.1, 0.15) is 36.1 Å². The largest absolute Gasteiger partial charge is 0.488 e. The van der Waals surface area contributed by atoms with Gasteiger partial charge in [0, 0.05) is 18.0 Å². The summed E-state index contributed by atoms with van der Waals surface area (Å²) in [5, 5.41) is 43.8. The second kappa shape index (κ2) is 11.9. The first-order valence-electron chi connectivity index (χ1n) is 12.0. The lowest BCUT2D eigenvalue weighted by Crippen LogP contribution is -2.57. The maximum Gasteiger partial charge on any atom is 0.320 e. The Bertz CT molecular complexity index is 1030. The summed E-state index contributed by atoms with van der Waals surface area (Å²) in [6, 6.07) is 12.1. The molecule has 2 aromatic rings. The number of aliphatic hydroxyl groups is 3. The second-order valence-electron chi connectivity index (χ2n) is 9.31. The Labute approximate surface area is 214 Å². The van der Waals surface area contributed by atoms with Crippen molar-refractivity contribution in [2.75, 3.05) is 19.8 Å². The lowest BCUT2D eigenvalue weighted by atomic mass is 9.90. The van der Waals surface area contributed by atoms with E-state index < -0.39 is 42.5 Å². The molecule has 0 radical (unpaired) electrons. The Kier molecular flexibility index (Phi) is 8.84. The molecule has 0 aliphatic carbocycles. The zero-order chi connectivity index (χ0) is 25.8. The quantitative estimate of drug-likeness (QED) is 0.333. The highest BCUT2D eigenvalue weighted by Crippen LogP contribution is 2.34. The zero-order valence-corrected chi connectivity index (χ0v) is 20.7. The van der Waals surface area contributed by atoms with Gasteiger partial charge in [0.1, 0.15) is 42.3 Å². The lowest BCUT2D eigenvalue weighted by molar-refractivity contribution is -0.223. The molecule has 2 aromatic carbocycles. The lowest BCUT2D eigenvalue weighted by Gasteiger charge is -2.41. The van der Waals surface area contributed by atoms with Crippen LogP contribution in [0.15, 0.2) is 42.5 Å². The van der Waals surface area contributed by atoms with Crippen LogP contribution in [0.2, 0.25) is 5.02 Å². The van der Waals surface area contributed by atoms with Crippen LogP contribution >= 0.6 is 11.6 Å². The van der Waals surface area contributed by atoms with E-state index in [-0.39, 0.29) is 12.6 Å². The number of carboxylic acids is 1. The Morgan fingerprint density at radius 1 is 1.14 bits per heavy atom. The minimum absolute atomic E-state index is 0.0171. The van der Waals surface area contributed by atoms with Crippen LogP contribution in [0, 0.1) is 0 Å². The van der Waals surface area contributed by atoms with Crippen LogP contribution in [0.25, 0.3) is 0 Å². The van der Waals surface area contributed by atoms with E-state index in [0.29, 0.717) is 30.2 Å². The number of carboxylic acid groups (broad SMARTS) is 1. The van der Waals surface area contributed by atoms with Crippen LogP contribution < -0.4 is 10.1 Å². The summed E-state index contributed by atoms with van der Waals surface area (Å²) in [7, 11) is 0. The van der Waals surface area contributed by atoms with Crippen LogP contribution in [0.4, 0.5) is 0 Å². The van der Waals surface area contributed by atoms with E-state index in [1.807, 2.05) is 30.3 Å². The molecule has 7 atom stereocenters. The topological polar surface area (TPSA) is 138 Å². The minimum atomic E-state index is -1.47. The van der Waals surface area contributed by atoms with Crippen molar-refractivity contribution in [3.8, 4) is 5.75 Å². The van der Waals surface area contributed by atoms with Gasteiger partial charge in [0.05, 0.1) is 19.3 Å². The Hall–Kier alpha value is -2.24. The molecule has 0 amide bonds. The fraction of sp³-hybridized carbons (Fsp3) is 0.500. The van der Waals surface area contributed by atoms with Gasteiger partial charge in [-0.25, -0.2) is 0 Å². The van der Waals surface area contributed by atoms with Gasteiger partial charge in [-0.1, -0.05) is 35.9 Å². The van der Waals surface area contributed by atoms with E-state index in [0.717, 1.165) is 23.3 Å². The molecule has 196 valence electrons. The first kappa shape index (κ1) is 26.8. The minimum Gasteiger partial charge on any atom is -0.488 e. The molecule has 36 heavy (non-hydrogen) atoms. The van der Waals surface area contributed by atoms with Gasteiger partial charge in [-0.3, -0.25) is 4.79 Å². The number of benzene rings is 2. The van der Waals surface area contributed by atoms with Crippen LogP contribution in [0.5, 0.6) is 5.75 Å². The van der Waals surface area contributed by atoms with Crippen LogP contribution in [-0.4, -0.2) is 82.7 Å². The molecule has 0 saturated carbocycles. The summed E-state index contributed by atoms with van der Waals surface area (Å²) in [6.45, 7) is 2.76.